The highest BCUT2D eigenvalue weighted by Crippen LogP contribution is 2.66. The van der Waals surface area contributed by atoms with E-state index in [0.29, 0.717) is 35.8 Å². The SMILES string of the molecule is CC1(C)CC2(CC(C)(C)c3cc4c(cc32)Oc2cc(C(=O)O)c(C(=O)O)cc2O4)c2cc3c(cc21)Oc1cc(C(=O)O)c(C(=O)O)cc1O3. The maximum absolute atomic E-state index is 11.9. The minimum atomic E-state index is -1.41. The molecule has 0 saturated carbocycles. The first-order valence-electron chi connectivity index (χ1n) is 15.4. The lowest BCUT2D eigenvalue weighted by molar-refractivity contribution is 0.0651. The predicted molar refractivity (Wildman–Crippen MR) is 170 cm³/mol. The second-order valence-electron chi connectivity index (χ2n) is 14.2. The Labute approximate surface area is 278 Å². The van der Waals surface area contributed by atoms with Gasteiger partial charge in [-0.1, -0.05) is 27.7 Å². The molecule has 0 bridgehead atoms. The topological polar surface area (TPSA) is 186 Å². The van der Waals surface area contributed by atoms with E-state index in [4.69, 9.17) is 18.9 Å². The summed E-state index contributed by atoms with van der Waals surface area (Å²) in [6.45, 7) is 8.55. The van der Waals surface area contributed by atoms with E-state index >= 15 is 0 Å². The van der Waals surface area contributed by atoms with Crippen LogP contribution in [0.3, 0.4) is 0 Å². The Kier molecular flexibility index (Phi) is 5.89. The van der Waals surface area contributed by atoms with Crippen molar-refractivity contribution in [2.24, 2.45) is 0 Å². The number of aromatic carboxylic acids is 4. The van der Waals surface area contributed by atoms with Gasteiger partial charge in [0.25, 0.3) is 0 Å². The van der Waals surface area contributed by atoms with E-state index in [1.807, 2.05) is 24.3 Å². The summed E-state index contributed by atoms with van der Waals surface area (Å²) in [6.07, 6.45) is 1.41. The minimum Gasteiger partial charge on any atom is -0.478 e. The summed E-state index contributed by atoms with van der Waals surface area (Å²) in [5.74, 6) is -3.80. The van der Waals surface area contributed by atoms with Gasteiger partial charge in [0.05, 0.1) is 22.3 Å². The molecule has 0 atom stereocenters. The molecule has 2 aliphatic heterocycles. The van der Waals surface area contributed by atoms with Crippen molar-refractivity contribution in [1.29, 1.82) is 0 Å². The third-order valence-corrected chi connectivity index (χ3v) is 10.1. The zero-order valence-corrected chi connectivity index (χ0v) is 26.6. The standard InChI is InChI=1S/C37H28O12/c1-35(2)13-37(21-11-29-27(9-19(21)35)46-23-5-15(31(38)39)17(33(42)43)7-25(23)48-29)14-36(3,4)20-10-28-30(12-22(20)37)49-26-8-18(34(44)45)16(32(40)41)6-24(26)47-28/h5-12H,13-14H2,1-4H3,(H,38,39)(H,40,41)(H,42,43)(H,44,45). The molecule has 8 rings (SSSR count). The summed E-state index contributed by atoms with van der Waals surface area (Å²) in [7, 11) is 0. The van der Waals surface area contributed by atoms with Crippen molar-refractivity contribution in [3.05, 3.63) is 93.0 Å². The molecule has 248 valence electrons. The molecule has 4 N–H and O–H groups in total. The van der Waals surface area contributed by atoms with Crippen LogP contribution < -0.4 is 18.9 Å². The molecule has 0 amide bonds. The van der Waals surface area contributed by atoms with Gasteiger partial charge in [-0.05, 0) is 70.2 Å². The van der Waals surface area contributed by atoms with Crippen molar-refractivity contribution >= 4 is 23.9 Å². The number of hydrogen-bond acceptors (Lipinski definition) is 8. The Morgan fingerprint density at radius 3 is 0.898 bits per heavy atom. The molecule has 0 fully saturated rings. The van der Waals surface area contributed by atoms with Crippen molar-refractivity contribution in [2.75, 3.05) is 0 Å². The van der Waals surface area contributed by atoms with Crippen LogP contribution >= 0.6 is 0 Å². The molecular formula is C37H28O12. The predicted octanol–water partition coefficient (Wildman–Crippen LogP) is 7.92. The lowest BCUT2D eigenvalue weighted by Crippen LogP contribution is -2.27. The first-order valence-corrected chi connectivity index (χ1v) is 15.4. The molecule has 0 unspecified atom stereocenters. The van der Waals surface area contributed by atoms with Crippen molar-refractivity contribution in [1.82, 2.24) is 0 Å². The van der Waals surface area contributed by atoms with Crippen LogP contribution in [0.2, 0.25) is 0 Å². The third-order valence-electron chi connectivity index (χ3n) is 10.1. The van der Waals surface area contributed by atoms with Crippen LogP contribution in [-0.2, 0) is 16.2 Å². The number of carbonyl (C=O) groups is 4. The highest BCUT2D eigenvalue weighted by molar-refractivity contribution is 6.03. The van der Waals surface area contributed by atoms with E-state index in [-0.39, 0.29) is 33.8 Å². The summed E-state index contributed by atoms with van der Waals surface area (Å²) in [6, 6.07) is 12.3. The maximum atomic E-state index is 11.9. The fraction of sp³-hybridized carbons (Fsp3) is 0.243. The molecule has 4 aromatic carbocycles. The fourth-order valence-electron chi connectivity index (χ4n) is 8.26. The molecule has 0 radical (unpaired) electrons. The van der Waals surface area contributed by atoms with Crippen LogP contribution in [0.4, 0.5) is 0 Å². The average Bonchev–Trinajstić information content (AvgIpc) is 3.37. The Morgan fingerprint density at radius 1 is 0.429 bits per heavy atom. The molecule has 2 heterocycles. The van der Waals surface area contributed by atoms with Crippen LogP contribution in [-0.4, -0.2) is 44.3 Å². The number of carboxylic acid groups (broad SMARTS) is 4. The van der Waals surface area contributed by atoms with Gasteiger partial charge >= 0.3 is 23.9 Å². The Morgan fingerprint density at radius 2 is 0.653 bits per heavy atom. The van der Waals surface area contributed by atoms with E-state index in [0.717, 1.165) is 46.5 Å². The normalized spacial score (nSPS) is 17.4. The molecule has 49 heavy (non-hydrogen) atoms. The minimum absolute atomic E-state index is 0.0818. The number of carboxylic acids is 4. The largest absolute Gasteiger partial charge is 0.478 e. The summed E-state index contributed by atoms with van der Waals surface area (Å²) in [4.78, 5) is 47.3. The first-order chi connectivity index (χ1) is 23.0. The monoisotopic (exact) mass is 664 g/mol. The van der Waals surface area contributed by atoms with Crippen LogP contribution in [0.25, 0.3) is 0 Å². The third kappa shape index (κ3) is 4.22. The van der Waals surface area contributed by atoms with Crippen molar-refractivity contribution < 1.29 is 58.6 Å². The molecule has 1 spiro atoms. The quantitative estimate of drug-likeness (QED) is 0.143. The van der Waals surface area contributed by atoms with Gasteiger partial charge in [0.15, 0.2) is 46.0 Å². The van der Waals surface area contributed by atoms with Gasteiger partial charge in [-0.25, -0.2) is 19.2 Å². The van der Waals surface area contributed by atoms with E-state index in [9.17, 15) is 39.6 Å². The Bertz CT molecular complexity index is 2100. The summed E-state index contributed by atoms with van der Waals surface area (Å²) in [5.41, 5.74) is 1.09. The zero-order chi connectivity index (χ0) is 34.9. The van der Waals surface area contributed by atoms with Crippen LogP contribution in [0.1, 0.15) is 104 Å². The average molecular weight is 665 g/mol. The van der Waals surface area contributed by atoms with Crippen LogP contribution in [0.5, 0.6) is 46.0 Å². The molecule has 4 aromatic rings. The van der Waals surface area contributed by atoms with E-state index < -0.39 is 51.5 Å². The Hall–Kier alpha value is -6.04. The summed E-state index contributed by atoms with van der Waals surface area (Å²) >= 11 is 0. The molecule has 12 nitrogen and oxygen atoms in total. The van der Waals surface area contributed by atoms with Gasteiger partial charge in [0, 0.05) is 29.7 Å². The Balaban J connectivity index is 1.25. The van der Waals surface area contributed by atoms with Gasteiger partial charge in [0.2, 0.25) is 0 Å². The van der Waals surface area contributed by atoms with Gasteiger partial charge in [-0.3, -0.25) is 0 Å². The first kappa shape index (κ1) is 30.3. The molecule has 12 heteroatoms. The van der Waals surface area contributed by atoms with E-state index in [1.165, 1.54) is 0 Å². The number of fused-ring (bicyclic) bond motifs is 8. The molecule has 0 aromatic heterocycles. The highest BCUT2D eigenvalue weighted by atomic mass is 16.6. The van der Waals surface area contributed by atoms with Gasteiger partial charge in [-0.15, -0.1) is 0 Å². The van der Waals surface area contributed by atoms with Gasteiger partial charge in [0.1, 0.15) is 0 Å². The molecule has 2 aliphatic carbocycles. The number of hydrogen-bond donors (Lipinski definition) is 4. The van der Waals surface area contributed by atoms with E-state index in [1.54, 1.807) is 0 Å². The number of benzene rings is 4. The second kappa shape index (κ2) is 9.53. The molecule has 0 saturated heterocycles. The summed E-state index contributed by atoms with van der Waals surface area (Å²) in [5, 5.41) is 38.5. The molecule has 4 aliphatic rings. The van der Waals surface area contributed by atoms with E-state index in [2.05, 4.69) is 27.7 Å². The smallest absolute Gasteiger partial charge is 0.336 e. The second-order valence-corrected chi connectivity index (χ2v) is 14.2. The van der Waals surface area contributed by atoms with Crippen LogP contribution in [0.15, 0.2) is 48.5 Å². The van der Waals surface area contributed by atoms with Gasteiger partial charge < -0.3 is 39.4 Å². The van der Waals surface area contributed by atoms with Crippen molar-refractivity contribution in [3.8, 4) is 46.0 Å². The number of ether oxygens (including phenoxy) is 4. The number of rotatable bonds is 4. The van der Waals surface area contributed by atoms with Crippen molar-refractivity contribution in [2.45, 2.75) is 56.8 Å². The van der Waals surface area contributed by atoms with Crippen LogP contribution in [0, 0.1) is 0 Å². The lowest BCUT2D eigenvalue weighted by Gasteiger charge is -2.31. The maximum Gasteiger partial charge on any atom is 0.336 e. The van der Waals surface area contributed by atoms with Gasteiger partial charge in [-0.2, -0.15) is 0 Å². The highest BCUT2D eigenvalue weighted by Gasteiger charge is 2.57. The summed E-state index contributed by atoms with van der Waals surface area (Å²) < 4.78 is 24.7. The van der Waals surface area contributed by atoms with Crippen molar-refractivity contribution in [3.63, 3.8) is 0 Å². The lowest BCUT2D eigenvalue weighted by atomic mass is 9.72. The zero-order valence-electron chi connectivity index (χ0n) is 26.6. The fourth-order valence-corrected chi connectivity index (χ4v) is 8.26. The molecular weight excluding hydrogens is 636 g/mol.